The molecule has 152 valence electrons. The molecule has 0 saturated carbocycles. The minimum Gasteiger partial charge on any atom is -0.378 e. The van der Waals surface area contributed by atoms with Gasteiger partial charge >= 0.3 is 0 Å². The van der Waals surface area contributed by atoms with Crippen LogP contribution in [0, 0.1) is 0 Å². The Morgan fingerprint density at radius 2 is 1.38 bits per heavy atom. The molecule has 2 amide bonds. The van der Waals surface area contributed by atoms with Crippen LogP contribution in [0.1, 0.15) is 20.8 Å². The Labute approximate surface area is 157 Å². The van der Waals surface area contributed by atoms with Crippen molar-refractivity contribution in [2.24, 2.45) is 0 Å². The quantitative estimate of drug-likeness (QED) is 0.729. The van der Waals surface area contributed by atoms with Gasteiger partial charge in [0.05, 0.1) is 39.5 Å². The standard InChI is InChI=1S/C18H36N4O4/c1-4-20-9-11-25-13-14-26-12-10-21(5-2)16-18(24)22(6-3)8-7-19-17(23)15-20/h4-16H2,1-3H3,(H,19,23). The lowest BCUT2D eigenvalue weighted by molar-refractivity contribution is -0.133. The fraction of sp³-hybridized carbons (Fsp3) is 0.889. The summed E-state index contributed by atoms with van der Waals surface area (Å²) in [5.41, 5.74) is 0. The maximum absolute atomic E-state index is 12.5. The number of nitrogens with one attached hydrogen (secondary N) is 1. The third-order valence-corrected chi connectivity index (χ3v) is 4.53. The molecule has 0 aromatic rings. The van der Waals surface area contributed by atoms with Crippen LogP contribution in [0.2, 0.25) is 0 Å². The fourth-order valence-electron chi connectivity index (χ4n) is 2.75. The average molecular weight is 373 g/mol. The van der Waals surface area contributed by atoms with Gasteiger partial charge in [-0.1, -0.05) is 13.8 Å². The monoisotopic (exact) mass is 372 g/mol. The molecule has 0 bridgehead atoms. The topological polar surface area (TPSA) is 74.4 Å². The SMILES string of the molecule is CCN1CCOCCOCCN(CC)CC(=O)N(CC)CCNC(=O)C1. The van der Waals surface area contributed by atoms with Gasteiger partial charge in [-0.15, -0.1) is 0 Å². The van der Waals surface area contributed by atoms with Gasteiger partial charge in [0.2, 0.25) is 11.8 Å². The number of rotatable bonds is 3. The van der Waals surface area contributed by atoms with E-state index in [1.807, 2.05) is 25.7 Å². The van der Waals surface area contributed by atoms with Crippen molar-refractivity contribution >= 4 is 11.8 Å². The van der Waals surface area contributed by atoms with Gasteiger partial charge in [-0.3, -0.25) is 19.4 Å². The number of likely N-dealkylation sites (N-methyl/N-ethyl adjacent to an activating group) is 3. The van der Waals surface area contributed by atoms with Gasteiger partial charge in [-0.05, 0) is 20.0 Å². The van der Waals surface area contributed by atoms with Gasteiger partial charge in [-0.25, -0.2) is 0 Å². The Bertz CT molecular complexity index is 409. The lowest BCUT2D eigenvalue weighted by Crippen LogP contribution is -2.45. The molecule has 1 N–H and O–H groups in total. The lowest BCUT2D eigenvalue weighted by atomic mass is 10.3. The first kappa shape index (κ1) is 22.8. The summed E-state index contributed by atoms with van der Waals surface area (Å²) >= 11 is 0. The molecule has 8 nitrogen and oxygen atoms in total. The van der Waals surface area contributed by atoms with E-state index in [1.54, 1.807) is 4.90 Å². The molecule has 0 aromatic heterocycles. The average Bonchev–Trinajstić information content (AvgIpc) is 2.64. The van der Waals surface area contributed by atoms with Gasteiger partial charge in [0.1, 0.15) is 0 Å². The minimum atomic E-state index is -0.0185. The van der Waals surface area contributed by atoms with Gasteiger partial charge in [-0.2, -0.15) is 0 Å². The first-order valence-corrected chi connectivity index (χ1v) is 9.75. The zero-order chi connectivity index (χ0) is 19.2. The molecule has 0 atom stereocenters. The van der Waals surface area contributed by atoms with Crippen molar-refractivity contribution in [2.45, 2.75) is 20.8 Å². The van der Waals surface area contributed by atoms with Gasteiger partial charge in [0.15, 0.2) is 0 Å². The third-order valence-electron chi connectivity index (χ3n) is 4.53. The van der Waals surface area contributed by atoms with Crippen LogP contribution >= 0.6 is 0 Å². The highest BCUT2D eigenvalue weighted by atomic mass is 16.5. The molecule has 26 heavy (non-hydrogen) atoms. The number of hydrogen-bond acceptors (Lipinski definition) is 6. The molecule has 0 aromatic carbocycles. The van der Waals surface area contributed by atoms with Crippen molar-refractivity contribution in [1.29, 1.82) is 0 Å². The van der Waals surface area contributed by atoms with E-state index in [0.29, 0.717) is 65.7 Å². The Kier molecular flexibility index (Phi) is 12.2. The van der Waals surface area contributed by atoms with Crippen LogP contribution in [0.5, 0.6) is 0 Å². The van der Waals surface area contributed by atoms with Crippen LogP contribution in [-0.2, 0) is 19.1 Å². The maximum atomic E-state index is 12.5. The summed E-state index contributed by atoms with van der Waals surface area (Å²) in [7, 11) is 0. The third kappa shape index (κ3) is 9.47. The highest BCUT2D eigenvalue weighted by Crippen LogP contribution is 1.96. The van der Waals surface area contributed by atoms with Gasteiger partial charge < -0.3 is 19.7 Å². The molecule has 0 radical (unpaired) electrons. The number of hydrogen-bond donors (Lipinski definition) is 1. The summed E-state index contributed by atoms with van der Waals surface area (Å²) in [6.45, 7) is 13.7. The van der Waals surface area contributed by atoms with Crippen LogP contribution < -0.4 is 5.32 Å². The molecular weight excluding hydrogens is 336 g/mol. The zero-order valence-electron chi connectivity index (χ0n) is 16.7. The van der Waals surface area contributed by atoms with Crippen molar-refractivity contribution in [1.82, 2.24) is 20.0 Å². The van der Waals surface area contributed by atoms with E-state index in [1.165, 1.54) is 0 Å². The van der Waals surface area contributed by atoms with E-state index >= 15 is 0 Å². The Morgan fingerprint density at radius 3 is 1.92 bits per heavy atom. The van der Waals surface area contributed by atoms with Crippen molar-refractivity contribution in [3.63, 3.8) is 0 Å². The van der Waals surface area contributed by atoms with E-state index in [0.717, 1.165) is 19.6 Å². The molecule has 1 heterocycles. The molecule has 1 fully saturated rings. The molecule has 1 saturated heterocycles. The van der Waals surface area contributed by atoms with Crippen molar-refractivity contribution in [3.8, 4) is 0 Å². The van der Waals surface area contributed by atoms with E-state index in [4.69, 9.17) is 9.47 Å². The lowest BCUT2D eigenvalue weighted by Gasteiger charge is -2.26. The number of carbonyl (C=O) groups is 2. The molecule has 1 aliphatic rings. The van der Waals surface area contributed by atoms with Crippen molar-refractivity contribution in [2.75, 3.05) is 85.3 Å². The van der Waals surface area contributed by atoms with Crippen LogP contribution in [0.4, 0.5) is 0 Å². The van der Waals surface area contributed by atoms with Crippen molar-refractivity contribution in [3.05, 3.63) is 0 Å². The first-order chi connectivity index (χ1) is 12.6. The molecule has 1 aliphatic heterocycles. The summed E-state index contributed by atoms with van der Waals surface area (Å²) in [5.74, 6) is 0.0678. The highest BCUT2D eigenvalue weighted by molar-refractivity contribution is 5.79. The van der Waals surface area contributed by atoms with Gasteiger partial charge in [0.25, 0.3) is 0 Å². The van der Waals surface area contributed by atoms with Crippen LogP contribution in [0.25, 0.3) is 0 Å². The fourth-order valence-corrected chi connectivity index (χ4v) is 2.75. The molecule has 0 spiro atoms. The zero-order valence-corrected chi connectivity index (χ0v) is 16.7. The van der Waals surface area contributed by atoms with E-state index in [2.05, 4.69) is 10.2 Å². The minimum absolute atomic E-state index is 0.0185. The predicted molar refractivity (Wildman–Crippen MR) is 101 cm³/mol. The van der Waals surface area contributed by atoms with E-state index in [9.17, 15) is 9.59 Å². The van der Waals surface area contributed by atoms with E-state index in [-0.39, 0.29) is 11.8 Å². The smallest absolute Gasteiger partial charge is 0.236 e. The molecular formula is C18H36N4O4. The Morgan fingerprint density at radius 1 is 0.808 bits per heavy atom. The largest absolute Gasteiger partial charge is 0.378 e. The number of carbonyl (C=O) groups excluding carboxylic acids is 2. The number of amides is 2. The second-order valence-corrected chi connectivity index (χ2v) is 6.29. The number of ether oxygens (including phenoxy) is 2. The highest BCUT2D eigenvalue weighted by Gasteiger charge is 2.16. The Hall–Kier alpha value is -1.22. The van der Waals surface area contributed by atoms with Crippen LogP contribution in [0.15, 0.2) is 0 Å². The number of nitrogens with zero attached hydrogens (tertiary/aromatic N) is 3. The van der Waals surface area contributed by atoms with Crippen LogP contribution in [-0.4, -0.2) is 112 Å². The van der Waals surface area contributed by atoms with Crippen LogP contribution in [0.3, 0.4) is 0 Å². The predicted octanol–water partition coefficient (Wildman–Crippen LogP) is -0.358. The van der Waals surface area contributed by atoms with E-state index < -0.39 is 0 Å². The summed E-state index contributed by atoms with van der Waals surface area (Å²) in [4.78, 5) is 30.5. The second kappa shape index (κ2) is 13.9. The molecule has 0 aliphatic carbocycles. The normalized spacial score (nSPS) is 21.9. The molecule has 8 heteroatoms. The Balaban J connectivity index is 2.60. The molecule has 1 rings (SSSR count). The first-order valence-electron chi connectivity index (χ1n) is 9.75. The summed E-state index contributed by atoms with van der Waals surface area (Å²) in [5, 5.41) is 2.91. The summed E-state index contributed by atoms with van der Waals surface area (Å²) in [6.07, 6.45) is 0. The summed E-state index contributed by atoms with van der Waals surface area (Å²) in [6, 6.07) is 0. The van der Waals surface area contributed by atoms with Gasteiger partial charge in [0, 0.05) is 32.7 Å². The van der Waals surface area contributed by atoms with Crippen molar-refractivity contribution < 1.29 is 19.1 Å². The second-order valence-electron chi connectivity index (χ2n) is 6.29. The molecule has 0 unspecified atom stereocenters. The maximum Gasteiger partial charge on any atom is 0.236 e. The summed E-state index contributed by atoms with van der Waals surface area (Å²) < 4.78 is 11.2.